The molecule has 0 amide bonds. The summed E-state index contributed by atoms with van der Waals surface area (Å²) in [5, 5.41) is 9.23. The first-order valence-corrected chi connectivity index (χ1v) is 8.52. The van der Waals surface area contributed by atoms with E-state index in [4.69, 9.17) is 5.73 Å². The van der Waals surface area contributed by atoms with Crippen LogP contribution in [0.2, 0.25) is 0 Å². The average Bonchev–Trinajstić information content (AvgIpc) is 3.35. The van der Waals surface area contributed by atoms with E-state index in [1.54, 1.807) is 9.47 Å². The molecule has 1 unspecified atom stereocenters. The average molecular weight is 359 g/mol. The second kappa shape index (κ2) is 5.91. The lowest BCUT2D eigenvalue weighted by molar-refractivity contribution is 0.0694. The van der Waals surface area contributed by atoms with Gasteiger partial charge in [0, 0.05) is 31.4 Å². The molecular formula is C18H18FN3O4. The fourth-order valence-electron chi connectivity index (χ4n) is 3.72. The van der Waals surface area contributed by atoms with Crippen LogP contribution in [-0.2, 0) is 0 Å². The lowest BCUT2D eigenvalue weighted by Gasteiger charge is -2.23. The Morgan fingerprint density at radius 3 is 2.62 bits per heavy atom. The van der Waals surface area contributed by atoms with Gasteiger partial charge in [-0.2, -0.15) is 0 Å². The lowest BCUT2D eigenvalue weighted by atomic mass is 10.0. The zero-order valence-electron chi connectivity index (χ0n) is 13.9. The number of aromatic nitrogens is 1. The Hall–Kier alpha value is -2.74. The first-order valence-electron chi connectivity index (χ1n) is 8.52. The van der Waals surface area contributed by atoms with Crippen molar-refractivity contribution in [2.24, 2.45) is 5.73 Å². The summed E-state index contributed by atoms with van der Waals surface area (Å²) >= 11 is 0. The van der Waals surface area contributed by atoms with Crippen molar-refractivity contribution in [2.45, 2.75) is 31.3 Å². The monoisotopic (exact) mass is 359 g/mol. The molecule has 4 rings (SSSR count). The number of carboxylic acids is 1. The number of nitrogens with two attached hydrogens (primary N) is 1. The van der Waals surface area contributed by atoms with Crippen LogP contribution in [0.15, 0.2) is 17.1 Å². The van der Waals surface area contributed by atoms with E-state index in [-0.39, 0.29) is 28.7 Å². The number of aldehydes is 1. The van der Waals surface area contributed by atoms with Gasteiger partial charge in [-0.1, -0.05) is 0 Å². The van der Waals surface area contributed by atoms with Crippen LogP contribution in [0.4, 0.5) is 10.1 Å². The van der Waals surface area contributed by atoms with E-state index in [1.165, 1.54) is 6.20 Å². The maximum absolute atomic E-state index is 14.9. The number of halogens is 1. The van der Waals surface area contributed by atoms with Gasteiger partial charge in [0.25, 0.3) is 0 Å². The minimum atomic E-state index is -1.37. The van der Waals surface area contributed by atoms with Crippen LogP contribution in [0.1, 0.15) is 46.0 Å². The first kappa shape index (κ1) is 16.7. The highest BCUT2D eigenvalue weighted by atomic mass is 19.1. The highest BCUT2D eigenvalue weighted by molar-refractivity contribution is 6.04. The molecule has 26 heavy (non-hydrogen) atoms. The largest absolute Gasteiger partial charge is 0.477 e. The molecule has 8 heteroatoms. The summed E-state index contributed by atoms with van der Waals surface area (Å²) in [6.07, 6.45) is 4.13. The predicted molar refractivity (Wildman–Crippen MR) is 93.6 cm³/mol. The first-order chi connectivity index (χ1) is 12.4. The Balaban J connectivity index is 2.08. The van der Waals surface area contributed by atoms with E-state index in [2.05, 4.69) is 0 Å². The maximum Gasteiger partial charge on any atom is 0.341 e. The summed E-state index contributed by atoms with van der Waals surface area (Å²) in [7, 11) is 0. The number of nitrogens with zero attached hydrogens (tertiary/aromatic N) is 2. The molecule has 1 aliphatic carbocycles. The van der Waals surface area contributed by atoms with Crippen LogP contribution in [0.5, 0.6) is 0 Å². The van der Waals surface area contributed by atoms with Crippen molar-refractivity contribution in [3.63, 3.8) is 0 Å². The molecule has 2 aromatic rings. The number of fused-ring (bicyclic) bond motifs is 1. The molecule has 1 aliphatic heterocycles. The molecule has 0 bridgehead atoms. The summed E-state index contributed by atoms with van der Waals surface area (Å²) in [5.74, 6) is -2.08. The molecule has 0 spiro atoms. The van der Waals surface area contributed by atoms with Crippen LogP contribution < -0.4 is 16.1 Å². The fraction of sp³-hybridized carbons (Fsp3) is 0.389. The molecule has 1 saturated carbocycles. The third-order valence-corrected chi connectivity index (χ3v) is 5.11. The second-order valence-electron chi connectivity index (χ2n) is 6.94. The number of rotatable bonds is 4. The molecule has 1 atom stereocenters. The quantitative estimate of drug-likeness (QED) is 0.802. The van der Waals surface area contributed by atoms with E-state index >= 15 is 0 Å². The fourth-order valence-corrected chi connectivity index (χ4v) is 3.72. The van der Waals surface area contributed by atoms with Crippen LogP contribution >= 0.6 is 0 Å². The summed E-state index contributed by atoms with van der Waals surface area (Å²) in [5.41, 5.74) is 5.22. The van der Waals surface area contributed by atoms with Crippen molar-refractivity contribution in [3.05, 3.63) is 39.4 Å². The molecule has 1 aromatic carbocycles. The van der Waals surface area contributed by atoms with Gasteiger partial charge in [-0.3, -0.25) is 9.59 Å². The van der Waals surface area contributed by atoms with Crippen molar-refractivity contribution in [3.8, 4) is 0 Å². The SMILES string of the molecule is NC1CCN(c2c(F)cc3c(=O)c(C(=O)O)cn(C4CC4)c3c2C=O)C1. The number of anilines is 1. The number of hydrogen-bond acceptors (Lipinski definition) is 5. The molecular weight excluding hydrogens is 341 g/mol. The predicted octanol–water partition coefficient (Wildman–Crippen LogP) is 1.52. The summed E-state index contributed by atoms with van der Waals surface area (Å²) in [6.45, 7) is 0.940. The summed E-state index contributed by atoms with van der Waals surface area (Å²) in [4.78, 5) is 37.6. The van der Waals surface area contributed by atoms with Gasteiger partial charge in [0.15, 0.2) is 6.29 Å². The summed E-state index contributed by atoms with van der Waals surface area (Å²) < 4.78 is 16.5. The third kappa shape index (κ3) is 2.48. The topological polar surface area (TPSA) is 106 Å². The van der Waals surface area contributed by atoms with Gasteiger partial charge in [0.05, 0.1) is 22.2 Å². The Morgan fingerprint density at radius 2 is 2.08 bits per heavy atom. The highest BCUT2D eigenvalue weighted by Gasteiger charge is 2.31. The number of carbonyl (C=O) groups is 2. The van der Waals surface area contributed by atoms with E-state index in [0.717, 1.165) is 18.9 Å². The van der Waals surface area contributed by atoms with Crippen molar-refractivity contribution in [1.82, 2.24) is 4.57 Å². The Morgan fingerprint density at radius 1 is 1.35 bits per heavy atom. The van der Waals surface area contributed by atoms with Gasteiger partial charge < -0.3 is 20.3 Å². The third-order valence-electron chi connectivity index (χ3n) is 5.11. The van der Waals surface area contributed by atoms with Crippen molar-refractivity contribution in [2.75, 3.05) is 18.0 Å². The van der Waals surface area contributed by atoms with E-state index < -0.39 is 22.8 Å². The van der Waals surface area contributed by atoms with Gasteiger partial charge >= 0.3 is 5.97 Å². The smallest absolute Gasteiger partial charge is 0.341 e. The van der Waals surface area contributed by atoms with Crippen molar-refractivity contribution < 1.29 is 19.1 Å². The lowest BCUT2D eigenvalue weighted by Crippen LogP contribution is -2.28. The minimum Gasteiger partial charge on any atom is -0.477 e. The molecule has 1 saturated heterocycles. The van der Waals surface area contributed by atoms with Crippen LogP contribution in [0, 0.1) is 5.82 Å². The molecule has 2 heterocycles. The van der Waals surface area contributed by atoms with Gasteiger partial charge in [-0.15, -0.1) is 0 Å². The van der Waals surface area contributed by atoms with E-state index in [9.17, 15) is 23.9 Å². The molecule has 2 fully saturated rings. The van der Waals surface area contributed by atoms with Gasteiger partial charge in [0.1, 0.15) is 11.4 Å². The number of benzene rings is 1. The van der Waals surface area contributed by atoms with E-state index in [0.29, 0.717) is 31.3 Å². The van der Waals surface area contributed by atoms with E-state index in [1.807, 2.05) is 0 Å². The van der Waals surface area contributed by atoms with Crippen LogP contribution in [-0.4, -0.2) is 41.1 Å². The molecule has 7 nitrogen and oxygen atoms in total. The van der Waals surface area contributed by atoms with Crippen LogP contribution in [0.25, 0.3) is 10.9 Å². The molecule has 3 N–H and O–H groups in total. The standard InChI is InChI=1S/C18H18FN3O4/c19-14-5-11-15(13(8-23)16(14)21-4-3-9(20)6-21)22(10-1-2-10)7-12(17(11)24)18(25)26/h5,7-10H,1-4,6,20H2,(H,25,26). The minimum absolute atomic E-state index is 0.00838. The summed E-state index contributed by atoms with van der Waals surface area (Å²) in [6, 6.07) is 0.952. The molecule has 1 aromatic heterocycles. The number of pyridine rings is 1. The Bertz CT molecular complexity index is 996. The van der Waals surface area contributed by atoms with Gasteiger partial charge in [-0.05, 0) is 25.3 Å². The maximum atomic E-state index is 14.9. The molecule has 0 radical (unpaired) electrons. The number of hydrogen-bond donors (Lipinski definition) is 2. The molecule has 2 aliphatic rings. The Kier molecular flexibility index (Phi) is 3.80. The van der Waals surface area contributed by atoms with Crippen LogP contribution in [0.3, 0.4) is 0 Å². The van der Waals surface area contributed by atoms with Gasteiger partial charge in [0.2, 0.25) is 5.43 Å². The number of carboxylic acid groups (broad SMARTS) is 1. The Labute approximate surface area is 147 Å². The highest BCUT2D eigenvalue weighted by Crippen LogP contribution is 2.40. The van der Waals surface area contributed by atoms with Gasteiger partial charge in [-0.25, -0.2) is 9.18 Å². The van der Waals surface area contributed by atoms with Crippen molar-refractivity contribution in [1.29, 1.82) is 0 Å². The second-order valence-corrected chi connectivity index (χ2v) is 6.94. The number of carbonyl (C=O) groups excluding carboxylic acids is 1. The zero-order chi connectivity index (χ0) is 18.6. The normalized spacial score (nSPS) is 19.9. The molecule has 136 valence electrons. The van der Waals surface area contributed by atoms with Crippen molar-refractivity contribution >= 4 is 28.8 Å². The number of aromatic carboxylic acids is 1. The zero-order valence-corrected chi connectivity index (χ0v) is 13.9.